The molecule has 2 nitrogen and oxygen atoms in total. The topological polar surface area (TPSA) is 29.3 Å². The summed E-state index contributed by atoms with van der Waals surface area (Å²) < 4.78 is 0. The lowest BCUT2D eigenvalue weighted by molar-refractivity contribution is 0.174. The van der Waals surface area contributed by atoms with Crippen LogP contribution in [0.5, 0.6) is 0 Å². The van der Waals surface area contributed by atoms with Crippen molar-refractivity contribution >= 4 is 0 Å². The summed E-state index contributed by atoms with van der Waals surface area (Å²) in [5.74, 6) is 0.774. The summed E-state index contributed by atoms with van der Waals surface area (Å²) in [4.78, 5) is 2.54. The zero-order valence-electron chi connectivity index (χ0n) is 13.9. The Labute approximate surface area is 125 Å². The Kier molecular flexibility index (Phi) is 7.25. The minimum atomic E-state index is 0.347. The van der Waals surface area contributed by atoms with Gasteiger partial charge in [-0.2, -0.15) is 0 Å². The predicted molar refractivity (Wildman–Crippen MR) is 89.0 cm³/mol. The zero-order valence-corrected chi connectivity index (χ0v) is 13.9. The molecule has 0 aliphatic rings. The molecule has 0 amide bonds. The summed E-state index contributed by atoms with van der Waals surface area (Å²) in [7, 11) is 0. The molecule has 0 heterocycles. The van der Waals surface area contributed by atoms with Crippen molar-refractivity contribution in [1.82, 2.24) is 4.90 Å². The van der Waals surface area contributed by atoms with Crippen LogP contribution in [0.3, 0.4) is 0 Å². The first-order valence-electron chi connectivity index (χ1n) is 8.08. The number of likely N-dealkylation sites (N-methyl/N-ethyl adjacent to an activating group) is 1. The molecule has 0 aliphatic carbocycles. The van der Waals surface area contributed by atoms with E-state index in [1.807, 2.05) is 0 Å². The number of rotatable bonds is 8. The Morgan fingerprint density at radius 1 is 1.05 bits per heavy atom. The van der Waals surface area contributed by atoms with Crippen molar-refractivity contribution in [2.24, 2.45) is 11.7 Å². The van der Waals surface area contributed by atoms with E-state index in [-0.39, 0.29) is 0 Å². The predicted octanol–water partition coefficient (Wildman–Crippen LogP) is 4.06. The summed E-state index contributed by atoms with van der Waals surface area (Å²) >= 11 is 0. The smallest absolute Gasteiger partial charge is 0.0470 e. The fourth-order valence-electron chi connectivity index (χ4n) is 2.82. The van der Waals surface area contributed by atoms with Gasteiger partial charge in [-0.15, -0.1) is 0 Å². The third kappa shape index (κ3) is 4.32. The van der Waals surface area contributed by atoms with Gasteiger partial charge in [0.25, 0.3) is 0 Å². The average molecular weight is 276 g/mol. The zero-order chi connectivity index (χ0) is 15.1. The number of nitrogens with two attached hydrogens (primary N) is 1. The van der Waals surface area contributed by atoms with Gasteiger partial charge in [0.05, 0.1) is 0 Å². The summed E-state index contributed by atoms with van der Waals surface area (Å²) in [6, 6.07) is 7.12. The third-order valence-electron chi connectivity index (χ3n) is 4.63. The highest BCUT2D eigenvalue weighted by molar-refractivity contribution is 5.32. The summed E-state index contributed by atoms with van der Waals surface area (Å²) in [6.07, 6.45) is 2.49. The first-order valence-corrected chi connectivity index (χ1v) is 8.08. The van der Waals surface area contributed by atoms with Gasteiger partial charge in [-0.25, -0.2) is 0 Å². The molecule has 1 aromatic rings. The molecule has 0 fully saturated rings. The number of hydrogen-bond donors (Lipinski definition) is 1. The SMILES string of the molecule is CCC(CC)CN(CC)C(CN)c1ccc(C)c(C)c1. The monoisotopic (exact) mass is 276 g/mol. The molecule has 0 saturated heterocycles. The van der Waals surface area contributed by atoms with E-state index in [2.05, 4.69) is 57.7 Å². The minimum Gasteiger partial charge on any atom is -0.329 e. The van der Waals surface area contributed by atoms with E-state index >= 15 is 0 Å². The van der Waals surface area contributed by atoms with E-state index in [0.717, 1.165) is 19.0 Å². The molecule has 0 bridgehead atoms. The van der Waals surface area contributed by atoms with Gasteiger partial charge in [-0.1, -0.05) is 51.8 Å². The second kappa shape index (κ2) is 8.43. The second-order valence-electron chi connectivity index (χ2n) is 5.87. The molecule has 1 unspecified atom stereocenters. The van der Waals surface area contributed by atoms with Crippen LogP contribution in [0.1, 0.15) is 56.3 Å². The number of benzene rings is 1. The quantitative estimate of drug-likeness (QED) is 0.776. The molecule has 0 saturated carbocycles. The molecule has 1 atom stereocenters. The van der Waals surface area contributed by atoms with Gasteiger partial charge in [0, 0.05) is 19.1 Å². The normalized spacial score (nSPS) is 13.2. The first-order chi connectivity index (χ1) is 9.57. The maximum Gasteiger partial charge on any atom is 0.0470 e. The van der Waals surface area contributed by atoms with Crippen molar-refractivity contribution in [2.75, 3.05) is 19.6 Å². The highest BCUT2D eigenvalue weighted by Crippen LogP contribution is 2.24. The van der Waals surface area contributed by atoms with Crippen LogP contribution in [-0.2, 0) is 0 Å². The van der Waals surface area contributed by atoms with Crippen LogP contribution < -0.4 is 5.73 Å². The molecule has 0 aromatic heterocycles. The largest absolute Gasteiger partial charge is 0.329 e. The summed E-state index contributed by atoms with van der Waals surface area (Å²) in [5.41, 5.74) is 10.2. The lowest BCUT2D eigenvalue weighted by Crippen LogP contribution is -2.37. The highest BCUT2D eigenvalue weighted by Gasteiger charge is 2.20. The van der Waals surface area contributed by atoms with Crippen molar-refractivity contribution in [3.63, 3.8) is 0 Å². The number of hydrogen-bond acceptors (Lipinski definition) is 2. The molecule has 114 valence electrons. The molecular formula is C18H32N2. The van der Waals surface area contributed by atoms with Gasteiger partial charge in [0.2, 0.25) is 0 Å². The van der Waals surface area contributed by atoms with Crippen LogP contribution in [-0.4, -0.2) is 24.5 Å². The molecule has 2 N–H and O–H groups in total. The molecule has 1 rings (SSSR count). The van der Waals surface area contributed by atoms with Crippen LogP contribution in [0.25, 0.3) is 0 Å². The Hall–Kier alpha value is -0.860. The Bertz CT molecular complexity index is 396. The van der Waals surface area contributed by atoms with Gasteiger partial charge < -0.3 is 5.73 Å². The van der Waals surface area contributed by atoms with Crippen LogP contribution in [0.2, 0.25) is 0 Å². The van der Waals surface area contributed by atoms with Crippen LogP contribution in [0, 0.1) is 19.8 Å². The first kappa shape index (κ1) is 17.2. The van der Waals surface area contributed by atoms with Crippen molar-refractivity contribution in [3.05, 3.63) is 34.9 Å². The van der Waals surface area contributed by atoms with Crippen LogP contribution in [0.15, 0.2) is 18.2 Å². The van der Waals surface area contributed by atoms with E-state index in [1.165, 1.54) is 29.5 Å². The molecule has 2 heteroatoms. The van der Waals surface area contributed by atoms with Gasteiger partial charge in [0.15, 0.2) is 0 Å². The van der Waals surface area contributed by atoms with Crippen LogP contribution >= 0.6 is 0 Å². The van der Waals surface area contributed by atoms with E-state index in [9.17, 15) is 0 Å². The molecule has 0 aliphatic heterocycles. The number of aryl methyl sites for hydroxylation is 2. The van der Waals surface area contributed by atoms with E-state index in [4.69, 9.17) is 5.73 Å². The fourth-order valence-corrected chi connectivity index (χ4v) is 2.82. The lowest BCUT2D eigenvalue weighted by Gasteiger charge is -2.33. The number of nitrogens with zero attached hydrogens (tertiary/aromatic N) is 1. The Balaban J connectivity index is 2.93. The van der Waals surface area contributed by atoms with E-state index < -0.39 is 0 Å². The van der Waals surface area contributed by atoms with Crippen molar-refractivity contribution in [3.8, 4) is 0 Å². The van der Waals surface area contributed by atoms with Gasteiger partial charge in [0.1, 0.15) is 0 Å². The van der Waals surface area contributed by atoms with Gasteiger partial charge in [-0.3, -0.25) is 4.90 Å². The Morgan fingerprint density at radius 3 is 2.15 bits per heavy atom. The molecule has 0 radical (unpaired) electrons. The fraction of sp³-hybridized carbons (Fsp3) is 0.667. The van der Waals surface area contributed by atoms with Crippen molar-refractivity contribution in [1.29, 1.82) is 0 Å². The van der Waals surface area contributed by atoms with Crippen LogP contribution in [0.4, 0.5) is 0 Å². The molecule has 1 aromatic carbocycles. The lowest BCUT2D eigenvalue weighted by atomic mass is 9.97. The maximum absolute atomic E-state index is 6.09. The summed E-state index contributed by atoms with van der Waals surface area (Å²) in [6.45, 7) is 14.1. The summed E-state index contributed by atoms with van der Waals surface area (Å²) in [5, 5.41) is 0. The van der Waals surface area contributed by atoms with Crippen molar-refractivity contribution < 1.29 is 0 Å². The Morgan fingerprint density at radius 2 is 1.70 bits per heavy atom. The minimum absolute atomic E-state index is 0.347. The standard InChI is InChI=1S/C18H32N2/c1-6-16(7-2)13-20(8-3)18(12-19)17-10-9-14(4)15(5)11-17/h9-11,16,18H,6-8,12-13,19H2,1-5H3. The maximum atomic E-state index is 6.09. The van der Waals surface area contributed by atoms with Gasteiger partial charge >= 0.3 is 0 Å². The highest BCUT2D eigenvalue weighted by atomic mass is 15.2. The van der Waals surface area contributed by atoms with Crippen molar-refractivity contribution in [2.45, 2.75) is 53.5 Å². The van der Waals surface area contributed by atoms with Gasteiger partial charge in [-0.05, 0) is 43.0 Å². The van der Waals surface area contributed by atoms with E-state index in [1.54, 1.807) is 0 Å². The second-order valence-corrected chi connectivity index (χ2v) is 5.87. The third-order valence-corrected chi connectivity index (χ3v) is 4.63. The average Bonchev–Trinajstić information content (AvgIpc) is 2.46. The molecule has 0 spiro atoms. The molecular weight excluding hydrogens is 244 g/mol. The molecule has 20 heavy (non-hydrogen) atoms. The van der Waals surface area contributed by atoms with E-state index in [0.29, 0.717) is 12.6 Å².